The van der Waals surface area contributed by atoms with Gasteiger partial charge in [0.25, 0.3) is 5.91 Å². The van der Waals surface area contributed by atoms with Gasteiger partial charge in [0.2, 0.25) is 0 Å². The van der Waals surface area contributed by atoms with Crippen molar-refractivity contribution in [1.29, 1.82) is 0 Å². The molecule has 24 heavy (non-hydrogen) atoms. The lowest BCUT2D eigenvalue weighted by atomic mass is 10.1. The number of ether oxygens (including phenoxy) is 2. The van der Waals surface area contributed by atoms with Crippen molar-refractivity contribution in [3.05, 3.63) is 59.7 Å². The number of carbonyl (C=O) groups excluding carboxylic acids is 1. The molecule has 0 aliphatic rings. The van der Waals surface area contributed by atoms with Gasteiger partial charge in [0.1, 0.15) is 11.5 Å². The van der Waals surface area contributed by atoms with E-state index in [2.05, 4.69) is 0 Å². The Balaban J connectivity index is 2.26. The highest BCUT2D eigenvalue weighted by Gasteiger charge is 2.20. The molecule has 2 aromatic carbocycles. The fourth-order valence-corrected chi connectivity index (χ4v) is 2.48. The fraction of sp³-hybridized carbons (Fsp3) is 0.316. The lowest BCUT2D eigenvalue weighted by molar-refractivity contribution is 0.0739. The molecule has 0 saturated heterocycles. The Morgan fingerprint density at radius 3 is 2.46 bits per heavy atom. The maximum absolute atomic E-state index is 13.0. The van der Waals surface area contributed by atoms with E-state index in [-0.39, 0.29) is 5.91 Å². The van der Waals surface area contributed by atoms with E-state index in [4.69, 9.17) is 15.2 Å². The Bertz CT molecular complexity index is 659. The summed E-state index contributed by atoms with van der Waals surface area (Å²) in [5, 5.41) is 0. The molecule has 2 N–H and O–H groups in total. The van der Waals surface area contributed by atoms with Crippen LogP contribution in [0.5, 0.6) is 11.5 Å². The summed E-state index contributed by atoms with van der Waals surface area (Å²) in [6.07, 6.45) is 0.747. The van der Waals surface area contributed by atoms with Crippen LogP contribution in [0.15, 0.2) is 48.5 Å². The first-order chi connectivity index (χ1) is 11.7. The quantitative estimate of drug-likeness (QED) is 0.809. The van der Waals surface area contributed by atoms with Crippen molar-refractivity contribution >= 4 is 5.91 Å². The summed E-state index contributed by atoms with van der Waals surface area (Å²) in [6.45, 7) is 1.67. The summed E-state index contributed by atoms with van der Waals surface area (Å²) in [4.78, 5) is 14.8. The van der Waals surface area contributed by atoms with Gasteiger partial charge in [-0.3, -0.25) is 4.79 Å². The van der Waals surface area contributed by atoms with Gasteiger partial charge < -0.3 is 20.1 Å². The molecule has 0 aliphatic heterocycles. The van der Waals surface area contributed by atoms with E-state index < -0.39 is 0 Å². The number of benzene rings is 2. The standard InChI is InChI=1S/C19H24N2O3/c1-23-16-9-10-17(18(13-16)24-2)19(22)21(12-6-11-20)14-15-7-4-3-5-8-15/h3-5,7-10,13H,6,11-12,14,20H2,1-2H3. The van der Waals surface area contributed by atoms with Gasteiger partial charge in [0.05, 0.1) is 19.8 Å². The molecule has 128 valence electrons. The van der Waals surface area contributed by atoms with Gasteiger partial charge in [-0.2, -0.15) is 0 Å². The second kappa shape index (κ2) is 8.93. The van der Waals surface area contributed by atoms with Gasteiger partial charge in [0.15, 0.2) is 0 Å². The molecule has 1 amide bonds. The number of carbonyl (C=O) groups is 1. The number of amides is 1. The molecule has 0 fully saturated rings. The van der Waals surface area contributed by atoms with Crippen LogP contribution in [0.25, 0.3) is 0 Å². The van der Waals surface area contributed by atoms with Crippen molar-refractivity contribution < 1.29 is 14.3 Å². The van der Waals surface area contributed by atoms with Crippen LogP contribution in [0.3, 0.4) is 0 Å². The molecule has 5 heteroatoms. The van der Waals surface area contributed by atoms with E-state index in [1.165, 1.54) is 0 Å². The van der Waals surface area contributed by atoms with Crippen molar-refractivity contribution in [2.75, 3.05) is 27.3 Å². The maximum Gasteiger partial charge on any atom is 0.257 e. The molecule has 0 aromatic heterocycles. The van der Waals surface area contributed by atoms with Crippen molar-refractivity contribution in [1.82, 2.24) is 4.90 Å². The summed E-state index contributed by atoms with van der Waals surface area (Å²) in [5.74, 6) is 1.08. The summed E-state index contributed by atoms with van der Waals surface area (Å²) in [6, 6.07) is 15.1. The Morgan fingerprint density at radius 1 is 1.08 bits per heavy atom. The summed E-state index contributed by atoms with van der Waals surface area (Å²) < 4.78 is 10.6. The Morgan fingerprint density at radius 2 is 1.83 bits per heavy atom. The van der Waals surface area contributed by atoms with Crippen molar-refractivity contribution in [2.45, 2.75) is 13.0 Å². The van der Waals surface area contributed by atoms with Crippen LogP contribution < -0.4 is 15.2 Å². The third kappa shape index (κ3) is 4.49. The first kappa shape index (κ1) is 17.8. The minimum atomic E-state index is -0.0770. The van der Waals surface area contributed by atoms with Gasteiger partial charge in [-0.15, -0.1) is 0 Å². The van der Waals surface area contributed by atoms with Crippen molar-refractivity contribution in [2.24, 2.45) is 5.73 Å². The van der Waals surface area contributed by atoms with Gasteiger partial charge in [-0.25, -0.2) is 0 Å². The average Bonchev–Trinajstić information content (AvgIpc) is 2.64. The lowest BCUT2D eigenvalue weighted by Crippen LogP contribution is -2.32. The molecule has 0 bridgehead atoms. The number of rotatable bonds is 8. The van der Waals surface area contributed by atoms with E-state index in [0.717, 1.165) is 12.0 Å². The molecule has 2 rings (SSSR count). The van der Waals surface area contributed by atoms with E-state index in [1.54, 1.807) is 37.3 Å². The van der Waals surface area contributed by atoms with E-state index in [0.29, 0.717) is 36.7 Å². The lowest BCUT2D eigenvalue weighted by Gasteiger charge is -2.24. The molecule has 0 heterocycles. The number of methoxy groups -OCH3 is 2. The van der Waals surface area contributed by atoms with E-state index >= 15 is 0 Å². The summed E-state index contributed by atoms with van der Waals surface area (Å²) in [7, 11) is 3.13. The van der Waals surface area contributed by atoms with E-state index in [1.807, 2.05) is 30.3 Å². The zero-order chi connectivity index (χ0) is 17.4. The second-order valence-corrected chi connectivity index (χ2v) is 5.42. The molecular weight excluding hydrogens is 304 g/mol. The zero-order valence-electron chi connectivity index (χ0n) is 14.2. The number of hydrogen-bond acceptors (Lipinski definition) is 4. The van der Waals surface area contributed by atoms with Gasteiger partial charge >= 0.3 is 0 Å². The number of hydrogen-bond donors (Lipinski definition) is 1. The predicted molar refractivity (Wildman–Crippen MR) is 94.4 cm³/mol. The topological polar surface area (TPSA) is 64.8 Å². The molecule has 0 atom stereocenters. The minimum Gasteiger partial charge on any atom is -0.497 e. The SMILES string of the molecule is COc1ccc(C(=O)N(CCCN)Cc2ccccc2)c(OC)c1. The highest BCUT2D eigenvalue weighted by molar-refractivity contribution is 5.97. The predicted octanol–water partition coefficient (Wildman–Crippen LogP) is 2.70. The Hall–Kier alpha value is -2.53. The Labute approximate surface area is 143 Å². The summed E-state index contributed by atoms with van der Waals surface area (Å²) in [5.41, 5.74) is 7.22. The van der Waals surface area contributed by atoms with Crippen LogP contribution in [0.4, 0.5) is 0 Å². The normalized spacial score (nSPS) is 10.3. The van der Waals surface area contributed by atoms with Crippen LogP contribution >= 0.6 is 0 Å². The molecule has 0 saturated carbocycles. The number of nitrogens with two attached hydrogens (primary N) is 1. The zero-order valence-corrected chi connectivity index (χ0v) is 14.2. The molecule has 0 aliphatic carbocycles. The maximum atomic E-state index is 13.0. The third-order valence-corrected chi connectivity index (χ3v) is 3.77. The van der Waals surface area contributed by atoms with Crippen LogP contribution in [-0.2, 0) is 6.54 Å². The average molecular weight is 328 g/mol. The fourth-order valence-electron chi connectivity index (χ4n) is 2.48. The smallest absolute Gasteiger partial charge is 0.257 e. The first-order valence-electron chi connectivity index (χ1n) is 7.95. The van der Waals surface area contributed by atoms with Crippen LogP contribution in [-0.4, -0.2) is 38.1 Å². The first-order valence-corrected chi connectivity index (χ1v) is 7.95. The largest absolute Gasteiger partial charge is 0.497 e. The molecule has 5 nitrogen and oxygen atoms in total. The van der Waals surface area contributed by atoms with Crippen molar-refractivity contribution in [3.8, 4) is 11.5 Å². The molecule has 0 radical (unpaired) electrons. The molecule has 0 spiro atoms. The monoisotopic (exact) mass is 328 g/mol. The second-order valence-electron chi connectivity index (χ2n) is 5.42. The van der Waals surface area contributed by atoms with Crippen molar-refractivity contribution in [3.63, 3.8) is 0 Å². The van der Waals surface area contributed by atoms with Crippen LogP contribution in [0, 0.1) is 0 Å². The third-order valence-electron chi connectivity index (χ3n) is 3.77. The van der Waals surface area contributed by atoms with Gasteiger partial charge in [-0.05, 0) is 30.7 Å². The molecule has 2 aromatic rings. The highest BCUT2D eigenvalue weighted by Crippen LogP contribution is 2.26. The van der Waals surface area contributed by atoms with Gasteiger partial charge in [-0.1, -0.05) is 30.3 Å². The highest BCUT2D eigenvalue weighted by atomic mass is 16.5. The summed E-state index contributed by atoms with van der Waals surface area (Å²) >= 11 is 0. The molecular formula is C19H24N2O3. The van der Waals surface area contributed by atoms with E-state index in [9.17, 15) is 4.79 Å². The minimum absolute atomic E-state index is 0.0770. The van der Waals surface area contributed by atoms with Crippen LogP contribution in [0.2, 0.25) is 0 Å². The number of nitrogens with zero attached hydrogens (tertiary/aromatic N) is 1. The Kier molecular flexibility index (Phi) is 6.63. The molecule has 0 unspecified atom stereocenters. The van der Waals surface area contributed by atoms with Crippen LogP contribution in [0.1, 0.15) is 22.3 Å². The van der Waals surface area contributed by atoms with Gasteiger partial charge in [0, 0.05) is 19.2 Å².